The maximum absolute atomic E-state index is 14.1. The summed E-state index contributed by atoms with van der Waals surface area (Å²) in [5.41, 5.74) is 3.66. The monoisotopic (exact) mass is 590 g/mol. The molecule has 4 aromatic rings. The zero-order valence-electron chi connectivity index (χ0n) is 26.4. The first-order valence-corrected chi connectivity index (χ1v) is 14.0. The van der Waals surface area contributed by atoms with E-state index in [0.717, 1.165) is 24.2 Å². The van der Waals surface area contributed by atoms with E-state index in [-0.39, 0.29) is 17.2 Å². The van der Waals surface area contributed by atoms with Gasteiger partial charge in [-0.1, -0.05) is 19.3 Å². The number of carbonyl (C=O) groups is 1. The van der Waals surface area contributed by atoms with Crippen LogP contribution in [0.3, 0.4) is 0 Å². The Labute approximate surface area is 251 Å². The van der Waals surface area contributed by atoms with Crippen LogP contribution in [0.25, 0.3) is 10.9 Å². The molecule has 0 radical (unpaired) electrons. The zero-order chi connectivity index (χ0) is 31.5. The van der Waals surface area contributed by atoms with Gasteiger partial charge in [0, 0.05) is 23.7 Å². The van der Waals surface area contributed by atoms with Crippen LogP contribution >= 0.6 is 0 Å². The first-order chi connectivity index (χ1) is 20.5. The molecule has 0 bridgehead atoms. The number of nitrogens with zero attached hydrogens (tertiary/aromatic N) is 4. The number of aromatic nitrogens is 4. The van der Waals surface area contributed by atoms with Crippen molar-refractivity contribution in [3.8, 4) is 34.8 Å². The highest BCUT2D eigenvalue weighted by Crippen LogP contribution is 2.39. The first-order valence-electron chi connectivity index (χ1n) is 14.0. The summed E-state index contributed by atoms with van der Waals surface area (Å²) in [4.78, 5) is 29.6. The van der Waals surface area contributed by atoms with Crippen molar-refractivity contribution in [1.82, 2.24) is 19.3 Å². The highest BCUT2D eigenvalue weighted by atomic mass is 16.5. The van der Waals surface area contributed by atoms with Gasteiger partial charge in [0.2, 0.25) is 11.5 Å². The average molecular weight is 591 g/mol. The molecule has 4 rings (SSSR count). The zero-order valence-corrected chi connectivity index (χ0v) is 26.4. The summed E-state index contributed by atoms with van der Waals surface area (Å²) < 4.78 is 26.0. The van der Waals surface area contributed by atoms with Crippen LogP contribution in [-0.4, -0.2) is 72.1 Å². The van der Waals surface area contributed by atoms with Crippen LogP contribution in [0.15, 0.2) is 29.1 Å². The van der Waals surface area contributed by atoms with Gasteiger partial charge >= 0.3 is 5.69 Å². The Balaban J connectivity index is 1.89. The van der Waals surface area contributed by atoms with Crippen LogP contribution in [0.4, 0.5) is 0 Å². The normalized spacial score (nSPS) is 11.3. The predicted octanol–water partition coefficient (Wildman–Crippen LogP) is 3.89. The fourth-order valence-electron chi connectivity index (χ4n) is 5.38. The minimum absolute atomic E-state index is 0.133. The molecule has 0 amide bonds. The largest absolute Gasteiger partial charge is 0.495 e. The third kappa shape index (κ3) is 5.96. The molecule has 2 heterocycles. The number of H-pyrrole nitrogens is 1. The van der Waals surface area contributed by atoms with Gasteiger partial charge in [-0.3, -0.25) is 9.36 Å². The molecule has 0 saturated heterocycles. The van der Waals surface area contributed by atoms with E-state index < -0.39 is 0 Å². The van der Waals surface area contributed by atoms with Crippen LogP contribution in [0.1, 0.15) is 53.3 Å². The van der Waals surface area contributed by atoms with E-state index in [9.17, 15) is 9.59 Å². The number of aryl methyl sites for hydroxylation is 1. The number of rotatable bonds is 12. The topological polar surface area (TPSA) is 110 Å². The third-order valence-corrected chi connectivity index (χ3v) is 7.40. The number of hydrogen-bond donors (Lipinski definition) is 1. The van der Waals surface area contributed by atoms with Crippen LogP contribution < -0.4 is 24.6 Å². The lowest BCUT2D eigenvalue weighted by atomic mass is 10.0. The molecule has 0 aliphatic rings. The molecule has 0 spiro atoms. The number of ether oxygens (including phenoxy) is 4. The molecule has 0 fully saturated rings. The predicted molar refractivity (Wildman–Crippen MR) is 164 cm³/mol. The fraction of sp³-hybridized carbons (Fsp3) is 0.406. The molecular formula is C32H40N5O6+. The second-order valence-corrected chi connectivity index (χ2v) is 10.9. The number of ketones is 1. The van der Waals surface area contributed by atoms with E-state index in [1.165, 1.54) is 21.3 Å². The van der Waals surface area contributed by atoms with Crippen LogP contribution in [0, 0.1) is 11.8 Å². The SMILES string of the molecule is CC#Cc1c(OC)ccc2c(C(=O)c3cc(OC)c(OC)c(OC)c3)nn(C[N+](C)(C)Cc3c(CCC)[nH]c(=O)n3C)c12. The van der Waals surface area contributed by atoms with Gasteiger partial charge in [0.05, 0.1) is 59.3 Å². The Morgan fingerprint density at radius 1 is 1.02 bits per heavy atom. The standard InChI is InChI=1S/C32H39N5O6/c1-10-12-21-25(40-6)15-14-22-28(30(38)20-16-26(41-7)31(43-9)27(17-20)42-8)34-36(29(21)22)19-37(4,5)18-24-23(13-11-2)33-32(39)35(24)3/h14-17H,11,13,18-19H2,1-9H3/p+1. The van der Waals surface area contributed by atoms with Gasteiger partial charge in [0.1, 0.15) is 18.0 Å². The van der Waals surface area contributed by atoms with Crippen molar-refractivity contribution in [2.75, 3.05) is 42.5 Å². The number of benzene rings is 2. The minimum Gasteiger partial charge on any atom is -0.495 e. The number of aromatic amines is 1. The van der Waals surface area contributed by atoms with Gasteiger partial charge < -0.3 is 28.4 Å². The Morgan fingerprint density at radius 2 is 1.67 bits per heavy atom. The average Bonchev–Trinajstić information content (AvgIpc) is 3.47. The third-order valence-electron chi connectivity index (χ3n) is 7.40. The van der Waals surface area contributed by atoms with E-state index in [0.29, 0.717) is 62.7 Å². The summed E-state index contributed by atoms with van der Waals surface area (Å²) in [5.74, 6) is 7.54. The quantitative estimate of drug-likeness (QED) is 0.152. The molecule has 2 aromatic heterocycles. The van der Waals surface area contributed by atoms with E-state index in [2.05, 4.69) is 37.8 Å². The number of imidazole rings is 1. The maximum atomic E-state index is 14.1. The molecule has 2 aromatic carbocycles. The number of quaternary nitrogens is 1. The Hall–Kier alpha value is -4.69. The molecule has 228 valence electrons. The maximum Gasteiger partial charge on any atom is 0.325 e. The summed E-state index contributed by atoms with van der Waals surface area (Å²) in [6, 6.07) is 6.87. The summed E-state index contributed by atoms with van der Waals surface area (Å²) in [6.07, 6.45) is 1.69. The Bertz CT molecular complexity index is 1760. The second-order valence-electron chi connectivity index (χ2n) is 10.9. The Kier molecular flexibility index (Phi) is 9.21. The van der Waals surface area contributed by atoms with Gasteiger partial charge in [-0.25, -0.2) is 9.48 Å². The van der Waals surface area contributed by atoms with Crippen molar-refractivity contribution in [2.24, 2.45) is 7.05 Å². The molecule has 43 heavy (non-hydrogen) atoms. The molecule has 11 nitrogen and oxygen atoms in total. The Morgan fingerprint density at radius 3 is 2.23 bits per heavy atom. The summed E-state index contributed by atoms with van der Waals surface area (Å²) in [6.45, 7) is 4.78. The molecule has 0 unspecified atom stereocenters. The summed E-state index contributed by atoms with van der Waals surface area (Å²) >= 11 is 0. The van der Waals surface area contributed by atoms with Crippen molar-refractivity contribution >= 4 is 16.7 Å². The van der Waals surface area contributed by atoms with E-state index >= 15 is 0 Å². The minimum atomic E-state index is -0.313. The highest BCUT2D eigenvalue weighted by molar-refractivity contribution is 6.16. The lowest BCUT2D eigenvalue weighted by molar-refractivity contribution is -0.926. The lowest BCUT2D eigenvalue weighted by Crippen LogP contribution is -2.41. The smallest absolute Gasteiger partial charge is 0.325 e. The van der Waals surface area contributed by atoms with Crippen molar-refractivity contribution in [3.63, 3.8) is 0 Å². The van der Waals surface area contributed by atoms with Crippen molar-refractivity contribution in [1.29, 1.82) is 0 Å². The van der Waals surface area contributed by atoms with Gasteiger partial charge in [-0.2, -0.15) is 5.10 Å². The van der Waals surface area contributed by atoms with Gasteiger partial charge in [0.15, 0.2) is 18.2 Å². The van der Waals surface area contributed by atoms with E-state index in [1.807, 2.05) is 10.7 Å². The van der Waals surface area contributed by atoms with Gasteiger partial charge in [-0.05, 0) is 37.6 Å². The van der Waals surface area contributed by atoms with Crippen LogP contribution in [0.5, 0.6) is 23.0 Å². The van der Waals surface area contributed by atoms with E-state index in [4.69, 9.17) is 24.0 Å². The van der Waals surface area contributed by atoms with Crippen molar-refractivity contribution in [2.45, 2.75) is 39.9 Å². The number of fused-ring (bicyclic) bond motifs is 1. The number of hydrogen-bond acceptors (Lipinski definition) is 7. The summed E-state index contributed by atoms with van der Waals surface area (Å²) in [5, 5.41) is 5.53. The molecule has 0 aliphatic carbocycles. The molecule has 0 aliphatic heterocycles. The molecule has 0 saturated carbocycles. The number of carbonyl (C=O) groups excluding carboxylic acids is 1. The lowest BCUT2D eigenvalue weighted by Gasteiger charge is -2.30. The molecule has 1 N–H and O–H groups in total. The molecule has 11 heteroatoms. The number of methoxy groups -OCH3 is 4. The first kappa shape index (κ1) is 31.3. The van der Waals surface area contributed by atoms with Crippen molar-refractivity contribution in [3.05, 3.63) is 63.0 Å². The second kappa shape index (κ2) is 12.7. The van der Waals surface area contributed by atoms with Gasteiger partial charge in [0.25, 0.3) is 0 Å². The highest BCUT2D eigenvalue weighted by Gasteiger charge is 2.29. The van der Waals surface area contributed by atoms with E-state index in [1.54, 1.807) is 43.8 Å². The van der Waals surface area contributed by atoms with Crippen LogP contribution in [-0.2, 0) is 26.7 Å². The molecular weight excluding hydrogens is 550 g/mol. The van der Waals surface area contributed by atoms with Gasteiger partial charge in [-0.15, -0.1) is 5.92 Å². The van der Waals surface area contributed by atoms with Crippen molar-refractivity contribution < 1.29 is 28.2 Å². The van der Waals surface area contributed by atoms with Crippen LogP contribution in [0.2, 0.25) is 0 Å². The fourth-order valence-corrected chi connectivity index (χ4v) is 5.38. The number of nitrogens with one attached hydrogen (secondary N) is 1. The summed E-state index contributed by atoms with van der Waals surface area (Å²) in [7, 11) is 12.0. The molecule has 0 atom stereocenters.